The summed E-state index contributed by atoms with van der Waals surface area (Å²) < 4.78 is 2.43. The number of benzene rings is 1. The molecular weight excluding hydrogens is 335 g/mol. The average molecular weight is 341 g/mol. The summed E-state index contributed by atoms with van der Waals surface area (Å²) in [6.45, 7) is 0. The largest absolute Gasteiger partial charge is 0.141 e. The van der Waals surface area contributed by atoms with Gasteiger partial charge in [0.15, 0.2) is 0 Å². The normalized spacial score (nSPS) is 11.0. The number of hydrogen-bond acceptors (Lipinski definition) is 2. The van der Waals surface area contributed by atoms with E-state index in [0.717, 1.165) is 4.90 Å². The van der Waals surface area contributed by atoms with Crippen LogP contribution in [0.2, 0.25) is 0 Å². The van der Waals surface area contributed by atoms with Gasteiger partial charge in [-0.1, -0.05) is 6.07 Å². The minimum absolute atomic E-state index is 0.586. The van der Waals surface area contributed by atoms with Crippen molar-refractivity contribution in [2.45, 2.75) is 10.8 Å². The molecule has 0 spiro atoms. The maximum Gasteiger partial charge on any atom is 0.0568 e. The van der Waals surface area contributed by atoms with Crippen LogP contribution in [0.25, 0.3) is 10.1 Å². The van der Waals surface area contributed by atoms with E-state index in [1.807, 2.05) is 0 Å². The summed E-state index contributed by atoms with van der Waals surface area (Å²) in [6.07, 6.45) is 0. The number of rotatable bonds is 1. The van der Waals surface area contributed by atoms with Crippen molar-refractivity contribution in [3.8, 4) is 0 Å². The molecule has 0 saturated carbocycles. The van der Waals surface area contributed by atoms with Crippen LogP contribution in [0.15, 0.2) is 23.1 Å². The first-order chi connectivity index (χ1) is 6.22. The molecule has 2 rings (SSSR count). The van der Waals surface area contributed by atoms with Gasteiger partial charge >= 0.3 is 0 Å². The third kappa shape index (κ3) is 1.84. The van der Waals surface area contributed by atoms with Gasteiger partial charge in [-0.15, -0.1) is 35.6 Å². The quantitative estimate of drug-likeness (QED) is 0.440. The van der Waals surface area contributed by atoms with Gasteiger partial charge in [0.2, 0.25) is 0 Å². The molecule has 68 valence electrons. The van der Waals surface area contributed by atoms with Crippen LogP contribution in [0, 0.1) is 3.57 Å². The molecule has 0 aliphatic carbocycles. The molecule has 0 aliphatic rings. The smallest absolute Gasteiger partial charge is 0.0568 e. The van der Waals surface area contributed by atoms with Gasteiger partial charge in [0.1, 0.15) is 0 Å². The third-order valence-corrected chi connectivity index (χ3v) is 5.35. The minimum Gasteiger partial charge on any atom is -0.141 e. The Balaban J connectivity index is 2.76. The highest BCUT2D eigenvalue weighted by Gasteiger charge is 2.06. The van der Waals surface area contributed by atoms with Gasteiger partial charge in [-0.3, -0.25) is 0 Å². The van der Waals surface area contributed by atoms with Crippen molar-refractivity contribution in [3.05, 3.63) is 26.6 Å². The first-order valence-corrected chi connectivity index (χ1v) is 6.56. The van der Waals surface area contributed by atoms with Crippen molar-refractivity contribution < 1.29 is 0 Å². The van der Waals surface area contributed by atoms with E-state index in [4.69, 9.17) is 11.6 Å². The lowest BCUT2D eigenvalue weighted by Crippen LogP contribution is -1.73. The number of thiol groups is 1. The van der Waals surface area contributed by atoms with Crippen LogP contribution in [0.5, 0.6) is 0 Å². The first kappa shape index (κ1) is 10.1. The molecule has 0 atom stereocenters. The summed E-state index contributed by atoms with van der Waals surface area (Å²) in [5.74, 6) is 0.586. The summed E-state index contributed by atoms with van der Waals surface area (Å²) >= 11 is 14.3. The third-order valence-electron chi connectivity index (χ3n) is 1.79. The number of fused-ring (bicyclic) bond motifs is 1. The van der Waals surface area contributed by atoms with Crippen molar-refractivity contribution in [2.24, 2.45) is 0 Å². The maximum absolute atomic E-state index is 5.77. The van der Waals surface area contributed by atoms with Crippen molar-refractivity contribution in [1.82, 2.24) is 0 Å². The zero-order chi connectivity index (χ0) is 9.42. The molecule has 0 radical (unpaired) electrons. The molecule has 1 aromatic carbocycles. The van der Waals surface area contributed by atoms with Gasteiger partial charge in [-0.05, 0) is 40.1 Å². The van der Waals surface area contributed by atoms with Crippen LogP contribution < -0.4 is 0 Å². The highest BCUT2D eigenvalue weighted by molar-refractivity contribution is 14.1. The molecule has 1 heterocycles. The van der Waals surface area contributed by atoms with Gasteiger partial charge in [0.05, 0.1) is 5.88 Å². The lowest BCUT2D eigenvalue weighted by atomic mass is 10.2. The van der Waals surface area contributed by atoms with Crippen LogP contribution in [-0.2, 0) is 5.88 Å². The number of thiophene rings is 1. The van der Waals surface area contributed by atoms with Gasteiger partial charge < -0.3 is 0 Å². The number of halogens is 2. The van der Waals surface area contributed by atoms with Crippen LogP contribution in [0.4, 0.5) is 0 Å². The number of hydrogen-bond donors (Lipinski definition) is 1. The molecule has 4 heteroatoms. The zero-order valence-corrected chi connectivity index (χ0v) is 11.2. The van der Waals surface area contributed by atoms with E-state index < -0.39 is 0 Å². The molecule has 1 aromatic heterocycles. The molecule has 0 amide bonds. The zero-order valence-electron chi connectivity index (χ0n) is 6.55. The molecule has 13 heavy (non-hydrogen) atoms. The van der Waals surface area contributed by atoms with E-state index in [1.165, 1.54) is 18.5 Å². The molecule has 0 aliphatic heterocycles. The Hall–Kier alpha value is 0.550. The lowest BCUT2D eigenvalue weighted by molar-refractivity contribution is 1.52. The molecule has 0 nitrogen and oxygen atoms in total. The monoisotopic (exact) mass is 340 g/mol. The second-order valence-electron chi connectivity index (χ2n) is 2.66. The van der Waals surface area contributed by atoms with E-state index in [0.29, 0.717) is 5.88 Å². The second-order valence-corrected chi connectivity index (χ2v) is 5.67. The summed E-state index contributed by atoms with van der Waals surface area (Å²) in [6, 6.07) is 6.32. The van der Waals surface area contributed by atoms with Crippen LogP contribution in [0.1, 0.15) is 4.88 Å². The van der Waals surface area contributed by atoms with Crippen LogP contribution in [0.3, 0.4) is 0 Å². The van der Waals surface area contributed by atoms with Gasteiger partial charge in [-0.2, -0.15) is 0 Å². The Morgan fingerprint density at radius 3 is 2.92 bits per heavy atom. The summed E-state index contributed by atoms with van der Waals surface area (Å²) in [5, 5.41) is 1.24. The van der Waals surface area contributed by atoms with E-state index in [-0.39, 0.29) is 0 Å². The van der Waals surface area contributed by atoms with Crippen molar-refractivity contribution >= 4 is 68.2 Å². The van der Waals surface area contributed by atoms with Crippen LogP contribution >= 0.6 is 58.2 Å². The van der Waals surface area contributed by atoms with Gasteiger partial charge in [-0.25, -0.2) is 0 Å². The predicted molar refractivity (Wildman–Crippen MR) is 71.4 cm³/mol. The Morgan fingerprint density at radius 1 is 1.46 bits per heavy atom. The number of alkyl halides is 1. The fraction of sp³-hybridized carbons (Fsp3) is 0.111. The summed E-state index contributed by atoms with van der Waals surface area (Å²) in [7, 11) is 0. The summed E-state index contributed by atoms with van der Waals surface area (Å²) in [5.41, 5.74) is 0. The Bertz CT molecular complexity index is 450. The molecular formula is C9H6ClIS2. The standard InChI is InChI=1S/C9H6ClIS2/c10-4-6-3-5-1-2-7(11)8(12)9(5)13-6/h1-3,12H,4H2. The fourth-order valence-electron chi connectivity index (χ4n) is 1.18. The van der Waals surface area contributed by atoms with Gasteiger partial charge in [0.25, 0.3) is 0 Å². The minimum atomic E-state index is 0.586. The fourth-order valence-corrected chi connectivity index (χ4v) is 3.35. The van der Waals surface area contributed by atoms with Crippen molar-refractivity contribution in [2.75, 3.05) is 0 Å². The van der Waals surface area contributed by atoms with Crippen molar-refractivity contribution in [1.29, 1.82) is 0 Å². The van der Waals surface area contributed by atoms with Gasteiger partial charge in [0, 0.05) is 18.0 Å². The molecule has 0 N–H and O–H groups in total. The Morgan fingerprint density at radius 2 is 2.23 bits per heavy atom. The van der Waals surface area contributed by atoms with E-state index in [9.17, 15) is 0 Å². The molecule has 0 bridgehead atoms. The topological polar surface area (TPSA) is 0 Å². The average Bonchev–Trinajstić information content (AvgIpc) is 2.55. The van der Waals surface area contributed by atoms with Crippen LogP contribution in [-0.4, -0.2) is 0 Å². The lowest BCUT2D eigenvalue weighted by Gasteiger charge is -1.96. The van der Waals surface area contributed by atoms with E-state index >= 15 is 0 Å². The highest BCUT2D eigenvalue weighted by Crippen LogP contribution is 2.34. The molecule has 0 unspecified atom stereocenters. The SMILES string of the molecule is Sc1c(I)ccc2cc(CCl)sc12. The van der Waals surface area contributed by atoms with E-state index in [2.05, 4.69) is 53.4 Å². The Kier molecular flexibility index (Phi) is 3.07. The van der Waals surface area contributed by atoms with Crippen molar-refractivity contribution in [3.63, 3.8) is 0 Å². The summed E-state index contributed by atoms with van der Waals surface area (Å²) in [4.78, 5) is 2.27. The molecule has 0 fully saturated rings. The molecule has 0 saturated heterocycles. The molecule has 2 aromatic rings. The highest BCUT2D eigenvalue weighted by atomic mass is 127. The second kappa shape index (κ2) is 3.96. The maximum atomic E-state index is 5.77. The van der Waals surface area contributed by atoms with E-state index in [1.54, 1.807) is 11.3 Å². The first-order valence-electron chi connectivity index (χ1n) is 3.68. The Labute approximate surface area is 105 Å². The predicted octanol–water partition coefficient (Wildman–Crippen LogP) is 4.53.